The molecule has 0 amide bonds. The first-order chi connectivity index (χ1) is 4.63. The van der Waals surface area contributed by atoms with Crippen LogP contribution in [-0.4, -0.2) is 13.1 Å². The lowest BCUT2D eigenvalue weighted by Crippen LogP contribution is -2.18. The van der Waals surface area contributed by atoms with E-state index >= 15 is 0 Å². The molecule has 0 aromatic rings. The molecular formula is C9H19N. The minimum absolute atomic E-state index is 0.803. The largest absolute Gasteiger partial charge is 0.313 e. The van der Waals surface area contributed by atoms with Crippen LogP contribution in [0.3, 0.4) is 0 Å². The number of rotatable bonds is 5. The maximum absolute atomic E-state index is 3.81. The van der Waals surface area contributed by atoms with Crippen molar-refractivity contribution in [1.29, 1.82) is 0 Å². The molecule has 0 saturated heterocycles. The van der Waals surface area contributed by atoms with Crippen LogP contribution >= 0.6 is 0 Å². The molecule has 0 atom stereocenters. The average Bonchev–Trinajstić information content (AvgIpc) is 1.79. The van der Waals surface area contributed by atoms with Crippen molar-refractivity contribution in [3.05, 3.63) is 12.2 Å². The Labute approximate surface area is 64.5 Å². The minimum atomic E-state index is 0.803. The first kappa shape index (κ1) is 9.70. The summed E-state index contributed by atoms with van der Waals surface area (Å²) in [5.41, 5.74) is 1.21. The zero-order valence-corrected chi connectivity index (χ0v) is 7.41. The molecule has 0 fully saturated rings. The van der Waals surface area contributed by atoms with E-state index in [9.17, 15) is 0 Å². The highest BCUT2D eigenvalue weighted by molar-refractivity contribution is 4.90. The van der Waals surface area contributed by atoms with Crippen molar-refractivity contribution in [3.8, 4) is 0 Å². The standard InChI is InChI=1S/C9H19N/c1-8(2)5-6-10-7-9(3)4/h8,10H,3,5-7H2,1-2,4H3. The summed E-state index contributed by atoms with van der Waals surface area (Å²) in [4.78, 5) is 0. The lowest BCUT2D eigenvalue weighted by Gasteiger charge is -2.05. The van der Waals surface area contributed by atoms with E-state index < -0.39 is 0 Å². The van der Waals surface area contributed by atoms with E-state index in [-0.39, 0.29) is 0 Å². The Morgan fingerprint density at radius 2 is 2.10 bits per heavy atom. The van der Waals surface area contributed by atoms with Crippen LogP contribution in [0.25, 0.3) is 0 Å². The summed E-state index contributed by atoms with van der Waals surface area (Å²) in [6.07, 6.45) is 1.26. The van der Waals surface area contributed by atoms with Crippen LogP contribution in [0.2, 0.25) is 0 Å². The van der Waals surface area contributed by atoms with Crippen molar-refractivity contribution < 1.29 is 0 Å². The highest BCUT2D eigenvalue weighted by atomic mass is 14.8. The van der Waals surface area contributed by atoms with Crippen LogP contribution in [-0.2, 0) is 0 Å². The third-order valence-corrected chi connectivity index (χ3v) is 1.33. The molecule has 0 heterocycles. The molecule has 0 saturated carbocycles. The van der Waals surface area contributed by atoms with E-state index in [4.69, 9.17) is 0 Å². The fourth-order valence-electron chi connectivity index (χ4n) is 0.693. The predicted molar refractivity (Wildman–Crippen MR) is 47.1 cm³/mol. The summed E-state index contributed by atoms with van der Waals surface area (Å²) in [6, 6.07) is 0. The molecule has 0 radical (unpaired) electrons. The third-order valence-electron chi connectivity index (χ3n) is 1.33. The van der Waals surface area contributed by atoms with Crippen molar-refractivity contribution in [1.82, 2.24) is 5.32 Å². The van der Waals surface area contributed by atoms with Crippen molar-refractivity contribution >= 4 is 0 Å². The molecule has 0 aliphatic heterocycles. The van der Waals surface area contributed by atoms with Gasteiger partial charge in [0.1, 0.15) is 0 Å². The van der Waals surface area contributed by atoms with E-state index in [1.54, 1.807) is 0 Å². The van der Waals surface area contributed by atoms with Gasteiger partial charge in [-0.15, -0.1) is 0 Å². The van der Waals surface area contributed by atoms with Crippen molar-refractivity contribution in [2.24, 2.45) is 5.92 Å². The molecule has 10 heavy (non-hydrogen) atoms. The van der Waals surface area contributed by atoms with Gasteiger partial charge < -0.3 is 5.32 Å². The zero-order valence-electron chi connectivity index (χ0n) is 7.41. The molecule has 1 N–H and O–H groups in total. The predicted octanol–water partition coefficient (Wildman–Crippen LogP) is 2.20. The molecule has 0 unspecified atom stereocenters. The van der Waals surface area contributed by atoms with E-state index in [1.165, 1.54) is 12.0 Å². The third kappa shape index (κ3) is 7.70. The topological polar surface area (TPSA) is 12.0 Å². The van der Waals surface area contributed by atoms with Crippen molar-refractivity contribution in [2.75, 3.05) is 13.1 Å². The zero-order chi connectivity index (χ0) is 7.98. The highest BCUT2D eigenvalue weighted by Gasteiger charge is 1.91. The molecule has 0 aromatic heterocycles. The van der Waals surface area contributed by atoms with Gasteiger partial charge in [-0.05, 0) is 25.8 Å². The molecule has 0 spiro atoms. The van der Waals surface area contributed by atoms with E-state index in [1.807, 2.05) is 6.92 Å². The highest BCUT2D eigenvalue weighted by Crippen LogP contribution is 1.96. The van der Waals surface area contributed by atoms with Crippen LogP contribution in [0.1, 0.15) is 27.2 Å². The molecule has 0 aliphatic rings. The second kappa shape index (κ2) is 5.48. The minimum Gasteiger partial charge on any atom is -0.313 e. The van der Waals surface area contributed by atoms with Crippen LogP contribution in [0.15, 0.2) is 12.2 Å². The molecule has 1 heteroatoms. The Bertz CT molecular complexity index is 94.9. The van der Waals surface area contributed by atoms with E-state index in [0.717, 1.165) is 19.0 Å². The fourth-order valence-corrected chi connectivity index (χ4v) is 0.693. The van der Waals surface area contributed by atoms with Gasteiger partial charge in [-0.25, -0.2) is 0 Å². The van der Waals surface area contributed by atoms with E-state index in [0.29, 0.717) is 0 Å². The Morgan fingerprint density at radius 1 is 1.50 bits per heavy atom. The Kier molecular flexibility index (Phi) is 5.32. The number of hydrogen-bond donors (Lipinski definition) is 1. The van der Waals surface area contributed by atoms with Gasteiger partial charge in [0.25, 0.3) is 0 Å². The summed E-state index contributed by atoms with van der Waals surface area (Å²) >= 11 is 0. The van der Waals surface area contributed by atoms with Gasteiger partial charge >= 0.3 is 0 Å². The Hall–Kier alpha value is -0.300. The normalized spacial score (nSPS) is 10.4. The molecule has 0 aliphatic carbocycles. The van der Waals surface area contributed by atoms with Gasteiger partial charge in [-0.3, -0.25) is 0 Å². The van der Waals surface area contributed by atoms with E-state index in [2.05, 4.69) is 25.7 Å². The van der Waals surface area contributed by atoms with Crippen LogP contribution < -0.4 is 5.32 Å². The second-order valence-corrected chi connectivity index (χ2v) is 3.32. The molecule has 60 valence electrons. The Balaban J connectivity index is 2.98. The second-order valence-electron chi connectivity index (χ2n) is 3.32. The van der Waals surface area contributed by atoms with Crippen LogP contribution in [0, 0.1) is 5.92 Å². The smallest absolute Gasteiger partial charge is 0.0159 e. The number of nitrogens with one attached hydrogen (secondary N) is 1. The summed E-state index contributed by atoms with van der Waals surface area (Å²) in [7, 11) is 0. The molecular weight excluding hydrogens is 122 g/mol. The van der Waals surface area contributed by atoms with Gasteiger partial charge in [-0.1, -0.05) is 26.0 Å². The first-order valence-electron chi connectivity index (χ1n) is 3.98. The maximum atomic E-state index is 3.81. The lowest BCUT2D eigenvalue weighted by molar-refractivity contribution is 0.549. The summed E-state index contributed by atoms with van der Waals surface area (Å²) < 4.78 is 0. The SMILES string of the molecule is C=C(C)CNCCC(C)C. The summed E-state index contributed by atoms with van der Waals surface area (Å²) in [6.45, 7) is 12.4. The van der Waals surface area contributed by atoms with Crippen molar-refractivity contribution in [3.63, 3.8) is 0 Å². The molecule has 0 aromatic carbocycles. The lowest BCUT2D eigenvalue weighted by atomic mass is 10.1. The van der Waals surface area contributed by atoms with Crippen molar-refractivity contribution in [2.45, 2.75) is 27.2 Å². The average molecular weight is 141 g/mol. The molecule has 0 rings (SSSR count). The fraction of sp³-hybridized carbons (Fsp3) is 0.778. The van der Waals surface area contributed by atoms with Gasteiger partial charge in [0, 0.05) is 6.54 Å². The maximum Gasteiger partial charge on any atom is 0.0159 e. The summed E-state index contributed by atoms with van der Waals surface area (Å²) in [5.74, 6) is 0.803. The van der Waals surface area contributed by atoms with Gasteiger partial charge in [0.15, 0.2) is 0 Å². The van der Waals surface area contributed by atoms with Gasteiger partial charge in [0.2, 0.25) is 0 Å². The molecule has 1 nitrogen and oxygen atoms in total. The monoisotopic (exact) mass is 141 g/mol. The molecule has 0 bridgehead atoms. The van der Waals surface area contributed by atoms with Crippen LogP contribution in [0.4, 0.5) is 0 Å². The number of hydrogen-bond acceptors (Lipinski definition) is 1. The quantitative estimate of drug-likeness (QED) is 0.457. The van der Waals surface area contributed by atoms with Gasteiger partial charge in [0.05, 0.1) is 0 Å². The Morgan fingerprint density at radius 3 is 2.50 bits per heavy atom. The summed E-state index contributed by atoms with van der Waals surface area (Å²) in [5, 5.41) is 3.32. The first-order valence-corrected chi connectivity index (χ1v) is 3.98. The van der Waals surface area contributed by atoms with Gasteiger partial charge in [-0.2, -0.15) is 0 Å². The van der Waals surface area contributed by atoms with Crippen LogP contribution in [0.5, 0.6) is 0 Å².